The Morgan fingerprint density at radius 1 is 0.508 bits per heavy atom. The van der Waals surface area contributed by atoms with Gasteiger partial charge in [-0.05, 0) is 38.5 Å². The number of esters is 2. The lowest BCUT2D eigenvalue weighted by Gasteiger charge is -2.41. The van der Waals surface area contributed by atoms with Crippen molar-refractivity contribution in [1.29, 1.82) is 0 Å². The summed E-state index contributed by atoms with van der Waals surface area (Å²) >= 11 is 0. The first kappa shape index (κ1) is 55.6. The smallest absolute Gasteiger partial charge is 0.462 e. The van der Waals surface area contributed by atoms with Crippen molar-refractivity contribution in [1.82, 2.24) is 0 Å². The average Bonchev–Trinajstić information content (AvgIpc) is 3.21. The molecule has 1 aliphatic carbocycles. The van der Waals surface area contributed by atoms with E-state index < -0.39 is 75.7 Å². The van der Waals surface area contributed by atoms with Crippen LogP contribution in [0.2, 0.25) is 0 Å². The number of phosphoric ester groups is 1. The van der Waals surface area contributed by atoms with E-state index >= 15 is 0 Å². The van der Waals surface area contributed by atoms with E-state index in [0.717, 1.165) is 44.9 Å². The van der Waals surface area contributed by atoms with Crippen molar-refractivity contribution < 1.29 is 63.1 Å². The van der Waals surface area contributed by atoms with Crippen LogP contribution in [0.25, 0.3) is 0 Å². The summed E-state index contributed by atoms with van der Waals surface area (Å²) in [6.45, 7) is 3.30. The van der Waals surface area contributed by atoms with Gasteiger partial charge in [0.05, 0.1) is 6.61 Å². The van der Waals surface area contributed by atoms with E-state index in [1.165, 1.54) is 122 Å². The first-order valence-corrected chi connectivity index (χ1v) is 25.0. The van der Waals surface area contributed by atoms with Crippen LogP contribution in [-0.4, -0.2) is 98.3 Å². The third kappa shape index (κ3) is 28.7. The van der Waals surface area contributed by atoms with E-state index in [1.807, 2.05) is 0 Å². The van der Waals surface area contributed by atoms with Gasteiger partial charge in [-0.2, -0.15) is 0 Å². The molecular weight excluding hydrogens is 779 g/mol. The minimum atomic E-state index is -5.11. The average molecular weight is 865 g/mol. The van der Waals surface area contributed by atoms with E-state index in [-0.39, 0.29) is 12.8 Å². The predicted molar refractivity (Wildman–Crippen MR) is 231 cm³/mol. The number of phosphoric acid groups is 1. The molecule has 1 aliphatic rings. The highest BCUT2D eigenvalue weighted by molar-refractivity contribution is 7.47. The minimum Gasteiger partial charge on any atom is -0.462 e. The summed E-state index contributed by atoms with van der Waals surface area (Å²) in [5.41, 5.74) is 0. The number of hydrogen-bond acceptors (Lipinski definition) is 12. The van der Waals surface area contributed by atoms with Gasteiger partial charge in [-0.25, -0.2) is 4.57 Å². The van der Waals surface area contributed by atoms with Crippen LogP contribution in [0.1, 0.15) is 206 Å². The number of ether oxygens (including phenoxy) is 2. The van der Waals surface area contributed by atoms with Gasteiger partial charge in [0.15, 0.2) is 6.10 Å². The topological polar surface area (TPSA) is 210 Å². The van der Waals surface area contributed by atoms with Crippen LogP contribution in [0.4, 0.5) is 0 Å². The van der Waals surface area contributed by atoms with Crippen molar-refractivity contribution in [2.75, 3.05) is 13.2 Å². The second kappa shape index (κ2) is 36.1. The molecule has 1 saturated carbocycles. The van der Waals surface area contributed by atoms with Crippen molar-refractivity contribution in [3.8, 4) is 0 Å². The Morgan fingerprint density at radius 3 is 1.31 bits per heavy atom. The predicted octanol–water partition coefficient (Wildman–Crippen LogP) is 9.06. The molecule has 1 fully saturated rings. The molecule has 6 N–H and O–H groups in total. The summed E-state index contributed by atoms with van der Waals surface area (Å²) in [6.07, 6.45) is 24.1. The van der Waals surface area contributed by atoms with Gasteiger partial charge in [0.2, 0.25) is 0 Å². The summed E-state index contributed by atoms with van der Waals surface area (Å²) in [7, 11) is -5.11. The standard InChI is InChI=1S/C45H85O13P/c1-3-5-7-9-11-13-15-17-18-19-20-22-23-25-27-29-31-33-38(46)55-35-37(36-56-59(53,54)58-45-43(51)41(49)40(48)42(50)44(45)52)57-39(47)34-32-30-28-26-24-21-16-14-12-10-8-6-4-2/h13,15,37,40-45,48-52H,3-12,14,16-36H2,1-2H3,(H,53,54)/b15-13+/t37-,40?,41-,42?,43?,44?,45?/m0/s1. The van der Waals surface area contributed by atoms with Gasteiger partial charge in [-0.15, -0.1) is 0 Å². The molecule has 0 amide bonds. The maximum absolute atomic E-state index is 12.8. The van der Waals surface area contributed by atoms with Crippen molar-refractivity contribution in [2.45, 2.75) is 249 Å². The molecule has 6 unspecified atom stereocenters. The summed E-state index contributed by atoms with van der Waals surface area (Å²) in [5.74, 6) is -1.09. The third-order valence-corrected chi connectivity index (χ3v) is 12.1. The third-order valence-electron chi connectivity index (χ3n) is 11.1. The fourth-order valence-electron chi connectivity index (χ4n) is 7.28. The molecule has 8 atom stereocenters. The van der Waals surface area contributed by atoms with Crippen LogP contribution in [0, 0.1) is 0 Å². The molecule has 0 aromatic heterocycles. The molecule has 348 valence electrons. The molecule has 14 heteroatoms. The van der Waals surface area contributed by atoms with Crippen molar-refractivity contribution in [3.63, 3.8) is 0 Å². The lowest BCUT2D eigenvalue weighted by atomic mass is 9.85. The van der Waals surface area contributed by atoms with Crippen LogP contribution in [0.15, 0.2) is 12.2 Å². The number of carbonyl (C=O) groups excluding carboxylic acids is 2. The highest BCUT2D eigenvalue weighted by Crippen LogP contribution is 2.47. The molecule has 0 radical (unpaired) electrons. The van der Waals surface area contributed by atoms with E-state index in [0.29, 0.717) is 12.8 Å². The molecule has 0 aliphatic heterocycles. The highest BCUT2D eigenvalue weighted by Gasteiger charge is 2.51. The van der Waals surface area contributed by atoms with Gasteiger partial charge < -0.3 is 39.9 Å². The second-order valence-electron chi connectivity index (χ2n) is 16.6. The van der Waals surface area contributed by atoms with Gasteiger partial charge in [0, 0.05) is 12.8 Å². The lowest BCUT2D eigenvalue weighted by Crippen LogP contribution is -2.64. The number of carbonyl (C=O) groups is 2. The minimum absolute atomic E-state index is 0.102. The van der Waals surface area contributed by atoms with Gasteiger partial charge in [0.25, 0.3) is 0 Å². The fraction of sp³-hybridized carbons (Fsp3) is 0.911. The first-order valence-electron chi connectivity index (χ1n) is 23.5. The Balaban J connectivity index is 2.43. The zero-order valence-electron chi connectivity index (χ0n) is 36.8. The summed E-state index contributed by atoms with van der Waals surface area (Å²) in [6, 6.07) is 0. The second-order valence-corrected chi connectivity index (χ2v) is 18.0. The summed E-state index contributed by atoms with van der Waals surface area (Å²) in [5, 5.41) is 50.1. The number of aliphatic hydroxyl groups is 5. The van der Waals surface area contributed by atoms with Gasteiger partial charge in [-0.3, -0.25) is 18.6 Å². The Labute approximate surface area is 356 Å². The number of hydrogen-bond donors (Lipinski definition) is 6. The number of aliphatic hydroxyl groups excluding tert-OH is 5. The zero-order valence-corrected chi connectivity index (χ0v) is 37.7. The van der Waals surface area contributed by atoms with Gasteiger partial charge in [0.1, 0.15) is 43.2 Å². The number of rotatable bonds is 39. The van der Waals surface area contributed by atoms with Crippen LogP contribution in [-0.2, 0) is 32.7 Å². The van der Waals surface area contributed by atoms with E-state index in [9.17, 15) is 44.6 Å². The molecule has 59 heavy (non-hydrogen) atoms. The molecule has 13 nitrogen and oxygen atoms in total. The quantitative estimate of drug-likeness (QED) is 0.0148. The molecule has 0 aromatic carbocycles. The van der Waals surface area contributed by atoms with Crippen molar-refractivity contribution >= 4 is 19.8 Å². The molecule has 1 rings (SSSR count). The molecule has 0 spiro atoms. The Bertz CT molecular complexity index is 1090. The maximum Gasteiger partial charge on any atom is 0.472 e. The fourth-order valence-corrected chi connectivity index (χ4v) is 8.26. The molecule has 0 heterocycles. The van der Waals surface area contributed by atoms with Gasteiger partial charge in [-0.1, -0.05) is 167 Å². The van der Waals surface area contributed by atoms with Crippen LogP contribution in [0.3, 0.4) is 0 Å². The summed E-state index contributed by atoms with van der Waals surface area (Å²) < 4.78 is 33.5. The van der Waals surface area contributed by atoms with Gasteiger partial charge >= 0.3 is 19.8 Å². The Morgan fingerprint density at radius 2 is 0.864 bits per heavy atom. The summed E-state index contributed by atoms with van der Waals surface area (Å²) in [4.78, 5) is 35.7. The van der Waals surface area contributed by atoms with E-state index in [1.54, 1.807) is 0 Å². The normalized spacial score (nSPS) is 22.4. The van der Waals surface area contributed by atoms with E-state index in [4.69, 9.17) is 18.5 Å². The number of allylic oxidation sites excluding steroid dienone is 2. The van der Waals surface area contributed by atoms with Crippen LogP contribution >= 0.6 is 7.82 Å². The molecule has 0 aromatic rings. The monoisotopic (exact) mass is 865 g/mol. The Kier molecular flexibility index (Phi) is 34.0. The van der Waals surface area contributed by atoms with Crippen LogP contribution in [0.5, 0.6) is 0 Å². The largest absolute Gasteiger partial charge is 0.472 e. The molecule has 0 saturated heterocycles. The lowest BCUT2D eigenvalue weighted by molar-refractivity contribution is -0.220. The van der Waals surface area contributed by atoms with Crippen molar-refractivity contribution in [2.24, 2.45) is 0 Å². The van der Waals surface area contributed by atoms with E-state index in [2.05, 4.69) is 26.0 Å². The SMILES string of the molecule is CCCCCC/C=C/CCCCCCCCCCCC(=O)OC[C@@H](COP(=O)(O)OC1C(O)C(O)C(O)[C@H](O)C1O)OC(=O)CCCCCCCCCCCCCCC. The van der Waals surface area contributed by atoms with Crippen LogP contribution < -0.4 is 0 Å². The van der Waals surface area contributed by atoms with Crippen molar-refractivity contribution in [3.05, 3.63) is 12.2 Å². The Hall–Kier alpha value is -1.41. The zero-order chi connectivity index (χ0) is 43.6. The maximum atomic E-state index is 12.8. The first-order chi connectivity index (χ1) is 28.4. The highest BCUT2D eigenvalue weighted by atomic mass is 31.2. The number of unbranched alkanes of at least 4 members (excludes halogenated alkanes) is 25. The molecule has 0 bridgehead atoms. The molecular formula is C45H85O13P.